The summed E-state index contributed by atoms with van der Waals surface area (Å²) in [5, 5.41) is 0. The molecule has 2 rings (SSSR count). The molecule has 0 fully saturated rings. The van der Waals surface area contributed by atoms with Crippen molar-refractivity contribution in [2.75, 3.05) is 6.61 Å². The highest BCUT2D eigenvalue weighted by molar-refractivity contribution is 5.60. The van der Waals surface area contributed by atoms with E-state index in [1.54, 1.807) is 6.07 Å². The number of rotatable bonds is 17. The van der Waals surface area contributed by atoms with Crippen molar-refractivity contribution in [2.24, 2.45) is 0 Å². The largest absolute Gasteiger partial charge is 0.491 e. The lowest BCUT2D eigenvalue weighted by atomic mass is 10.1. The molecule has 0 aliphatic heterocycles. The molecular formula is C28H42FNO. The minimum atomic E-state index is -0.307. The number of hydrogen-bond donors (Lipinski definition) is 0. The van der Waals surface area contributed by atoms with Crippen LogP contribution in [-0.4, -0.2) is 11.6 Å². The van der Waals surface area contributed by atoms with Gasteiger partial charge in [0.25, 0.3) is 0 Å². The molecule has 172 valence electrons. The van der Waals surface area contributed by atoms with E-state index < -0.39 is 0 Å². The third-order valence-corrected chi connectivity index (χ3v) is 5.88. The van der Waals surface area contributed by atoms with Gasteiger partial charge in [-0.1, -0.05) is 90.5 Å². The molecule has 0 radical (unpaired) electrons. The summed E-state index contributed by atoms with van der Waals surface area (Å²) in [5.41, 5.74) is 2.86. The smallest absolute Gasteiger partial charge is 0.165 e. The number of benzene rings is 1. The molecule has 1 heterocycles. The van der Waals surface area contributed by atoms with Crippen LogP contribution in [0.25, 0.3) is 11.3 Å². The van der Waals surface area contributed by atoms with Crippen molar-refractivity contribution in [3.8, 4) is 17.0 Å². The molecule has 0 spiro atoms. The monoisotopic (exact) mass is 427 g/mol. The van der Waals surface area contributed by atoms with Gasteiger partial charge >= 0.3 is 0 Å². The Morgan fingerprint density at radius 2 is 1.39 bits per heavy atom. The van der Waals surface area contributed by atoms with E-state index in [4.69, 9.17) is 4.74 Å². The Kier molecular flexibility index (Phi) is 13.0. The highest BCUT2D eigenvalue weighted by Crippen LogP contribution is 2.25. The summed E-state index contributed by atoms with van der Waals surface area (Å²) in [6, 6.07) is 9.29. The van der Waals surface area contributed by atoms with Crippen LogP contribution in [0.1, 0.15) is 103 Å². The number of aryl methyl sites for hydroxylation is 1. The molecule has 0 saturated carbocycles. The SMILES string of the molecule is CCCCCCCCCCOc1ccc(-c2ccc(CCCCCCC)cn2)cc1F. The second-order valence-corrected chi connectivity index (χ2v) is 8.68. The Balaban J connectivity index is 1.71. The molecule has 1 aromatic carbocycles. The maximum atomic E-state index is 14.5. The molecule has 0 bridgehead atoms. The van der Waals surface area contributed by atoms with E-state index in [0.29, 0.717) is 12.4 Å². The number of hydrogen-bond acceptors (Lipinski definition) is 2. The second kappa shape index (κ2) is 15.8. The Hall–Kier alpha value is -1.90. The van der Waals surface area contributed by atoms with Crippen molar-refractivity contribution >= 4 is 0 Å². The van der Waals surface area contributed by atoms with E-state index in [1.807, 2.05) is 18.3 Å². The van der Waals surface area contributed by atoms with E-state index >= 15 is 0 Å². The maximum absolute atomic E-state index is 14.5. The number of halogens is 1. The molecule has 3 heteroatoms. The fourth-order valence-electron chi connectivity index (χ4n) is 3.87. The average Bonchev–Trinajstić information content (AvgIpc) is 2.79. The van der Waals surface area contributed by atoms with E-state index in [2.05, 4.69) is 24.9 Å². The first-order chi connectivity index (χ1) is 15.2. The van der Waals surface area contributed by atoms with Crippen LogP contribution in [0, 0.1) is 5.82 Å². The number of unbranched alkanes of at least 4 members (excludes halogenated alkanes) is 11. The topological polar surface area (TPSA) is 22.1 Å². The molecule has 0 aliphatic carbocycles. The van der Waals surface area contributed by atoms with Gasteiger partial charge in [-0.2, -0.15) is 0 Å². The Bertz CT molecular complexity index is 713. The quantitative estimate of drug-likeness (QED) is 0.235. The number of pyridine rings is 1. The molecule has 0 saturated heterocycles. The van der Waals surface area contributed by atoms with Crippen molar-refractivity contribution in [3.63, 3.8) is 0 Å². The molecule has 0 N–H and O–H groups in total. The lowest BCUT2D eigenvalue weighted by molar-refractivity contribution is 0.290. The first-order valence-electron chi connectivity index (χ1n) is 12.6. The van der Waals surface area contributed by atoms with Crippen molar-refractivity contribution < 1.29 is 9.13 Å². The zero-order chi connectivity index (χ0) is 22.2. The minimum absolute atomic E-state index is 0.307. The molecule has 0 unspecified atom stereocenters. The van der Waals surface area contributed by atoms with Crippen LogP contribution in [0.3, 0.4) is 0 Å². The predicted molar refractivity (Wildman–Crippen MR) is 130 cm³/mol. The molecule has 0 amide bonds. The van der Waals surface area contributed by atoms with Gasteiger partial charge in [-0.15, -0.1) is 0 Å². The van der Waals surface area contributed by atoms with Gasteiger partial charge in [-0.3, -0.25) is 4.98 Å². The van der Waals surface area contributed by atoms with Crippen LogP contribution in [0.4, 0.5) is 4.39 Å². The summed E-state index contributed by atoms with van der Waals surface area (Å²) in [6.45, 7) is 5.06. The Morgan fingerprint density at radius 3 is 2.00 bits per heavy atom. The molecule has 0 aliphatic rings. The normalized spacial score (nSPS) is 11.1. The molecule has 0 atom stereocenters. The highest BCUT2D eigenvalue weighted by Gasteiger charge is 2.07. The van der Waals surface area contributed by atoms with Gasteiger partial charge in [0, 0.05) is 11.8 Å². The minimum Gasteiger partial charge on any atom is -0.491 e. The number of aromatic nitrogens is 1. The molecular weight excluding hydrogens is 385 g/mol. The summed E-state index contributed by atoms with van der Waals surface area (Å²) < 4.78 is 20.1. The summed E-state index contributed by atoms with van der Waals surface area (Å²) in [7, 11) is 0. The standard InChI is InChI=1S/C28H42FNO/c1-3-5-7-9-10-11-13-15-21-31-28-20-18-25(22-26(28)29)27-19-17-24(23-30-27)16-14-12-8-6-4-2/h17-20,22-23H,3-16,21H2,1-2H3. The van der Waals surface area contributed by atoms with Gasteiger partial charge in [0.1, 0.15) is 0 Å². The fraction of sp³-hybridized carbons (Fsp3) is 0.607. The maximum Gasteiger partial charge on any atom is 0.165 e. The predicted octanol–water partition coefficient (Wildman–Crippen LogP) is 8.92. The highest BCUT2D eigenvalue weighted by atomic mass is 19.1. The first-order valence-corrected chi connectivity index (χ1v) is 12.6. The van der Waals surface area contributed by atoms with Crippen LogP contribution in [0.2, 0.25) is 0 Å². The Labute approximate surface area is 189 Å². The lowest BCUT2D eigenvalue weighted by Gasteiger charge is -2.09. The molecule has 2 nitrogen and oxygen atoms in total. The summed E-state index contributed by atoms with van der Waals surface area (Å²) in [4.78, 5) is 4.55. The van der Waals surface area contributed by atoms with Crippen molar-refractivity contribution in [1.82, 2.24) is 4.98 Å². The summed E-state index contributed by atoms with van der Waals surface area (Å²) >= 11 is 0. The van der Waals surface area contributed by atoms with E-state index in [9.17, 15) is 4.39 Å². The van der Waals surface area contributed by atoms with Gasteiger partial charge in [0.15, 0.2) is 11.6 Å². The van der Waals surface area contributed by atoms with Crippen LogP contribution < -0.4 is 4.74 Å². The number of ether oxygens (including phenoxy) is 1. The van der Waals surface area contributed by atoms with Crippen molar-refractivity contribution in [2.45, 2.75) is 104 Å². The molecule has 1 aromatic heterocycles. The van der Waals surface area contributed by atoms with Gasteiger partial charge in [0.05, 0.1) is 12.3 Å². The van der Waals surface area contributed by atoms with Crippen LogP contribution in [0.15, 0.2) is 36.5 Å². The van der Waals surface area contributed by atoms with Crippen LogP contribution in [-0.2, 0) is 6.42 Å². The zero-order valence-electron chi connectivity index (χ0n) is 19.8. The van der Waals surface area contributed by atoms with Crippen LogP contribution >= 0.6 is 0 Å². The third-order valence-electron chi connectivity index (χ3n) is 5.88. The van der Waals surface area contributed by atoms with Gasteiger partial charge in [0.2, 0.25) is 0 Å². The molecule has 31 heavy (non-hydrogen) atoms. The van der Waals surface area contributed by atoms with Gasteiger partial charge in [-0.05, 0) is 49.1 Å². The van der Waals surface area contributed by atoms with Gasteiger partial charge in [-0.25, -0.2) is 4.39 Å². The van der Waals surface area contributed by atoms with Gasteiger partial charge < -0.3 is 4.74 Å². The van der Waals surface area contributed by atoms with Crippen LogP contribution in [0.5, 0.6) is 5.75 Å². The van der Waals surface area contributed by atoms with Crippen molar-refractivity contribution in [1.29, 1.82) is 0 Å². The van der Waals surface area contributed by atoms with E-state index in [0.717, 1.165) is 30.5 Å². The summed E-state index contributed by atoms with van der Waals surface area (Å²) in [6.07, 6.45) is 19.4. The average molecular weight is 428 g/mol. The Morgan fingerprint density at radius 1 is 0.742 bits per heavy atom. The number of nitrogens with zero attached hydrogens (tertiary/aromatic N) is 1. The summed E-state index contributed by atoms with van der Waals surface area (Å²) in [5.74, 6) is 0.0364. The van der Waals surface area contributed by atoms with E-state index in [-0.39, 0.29) is 5.82 Å². The first kappa shape index (κ1) is 25.4. The van der Waals surface area contributed by atoms with E-state index in [1.165, 1.54) is 82.3 Å². The second-order valence-electron chi connectivity index (χ2n) is 8.68. The molecule has 2 aromatic rings. The lowest BCUT2D eigenvalue weighted by Crippen LogP contribution is -1.99. The third kappa shape index (κ3) is 10.3. The fourth-order valence-corrected chi connectivity index (χ4v) is 3.87. The zero-order valence-corrected chi connectivity index (χ0v) is 19.8. The van der Waals surface area contributed by atoms with Crippen molar-refractivity contribution in [3.05, 3.63) is 47.9 Å².